The average molecular weight is 560 g/mol. The highest BCUT2D eigenvalue weighted by atomic mass is 35.5. The second kappa shape index (κ2) is 10.9. The number of alkyl halides is 3. The fourth-order valence-corrected chi connectivity index (χ4v) is 5.44. The maximum absolute atomic E-state index is 13.2. The van der Waals surface area contributed by atoms with E-state index >= 15 is 0 Å². The number of carbonyl (C=O) groups is 1. The quantitative estimate of drug-likeness (QED) is 0.297. The van der Waals surface area contributed by atoms with E-state index in [9.17, 15) is 18.0 Å². The molecule has 0 N–H and O–H groups in total. The first-order chi connectivity index (χ1) is 16.6. The van der Waals surface area contributed by atoms with Crippen LogP contribution in [0.4, 0.5) is 18.9 Å². The highest BCUT2D eigenvalue weighted by Crippen LogP contribution is 2.39. The molecule has 1 heterocycles. The Balaban J connectivity index is 1.59. The fraction of sp³-hybridized carbons (Fsp3) is 0.240. The minimum atomic E-state index is -4.43. The summed E-state index contributed by atoms with van der Waals surface area (Å²) < 4.78 is 38.9. The minimum absolute atomic E-state index is 0.0363. The Kier molecular flexibility index (Phi) is 8.11. The van der Waals surface area contributed by atoms with E-state index in [4.69, 9.17) is 34.8 Å². The Morgan fingerprint density at radius 1 is 0.943 bits per heavy atom. The van der Waals surface area contributed by atoms with Crippen molar-refractivity contribution in [2.45, 2.75) is 22.9 Å². The molecule has 35 heavy (non-hydrogen) atoms. The third-order valence-corrected chi connectivity index (χ3v) is 7.39. The smallest absolute Gasteiger partial charge is 0.360 e. The van der Waals surface area contributed by atoms with Crippen molar-refractivity contribution in [2.75, 3.05) is 24.5 Å². The van der Waals surface area contributed by atoms with Crippen molar-refractivity contribution in [2.24, 2.45) is 0 Å². The molecule has 184 valence electrons. The van der Waals surface area contributed by atoms with Gasteiger partial charge in [-0.15, -0.1) is 0 Å². The van der Waals surface area contributed by atoms with Gasteiger partial charge in [-0.3, -0.25) is 4.79 Å². The van der Waals surface area contributed by atoms with Crippen molar-refractivity contribution < 1.29 is 18.0 Å². The zero-order valence-electron chi connectivity index (χ0n) is 18.2. The normalized spacial score (nSPS) is 16.5. The molecular weight excluding hydrogens is 540 g/mol. The molecule has 10 heteroatoms. The van der Waals surface area contributed by atoms with E-state index in [0.29, 0.717) is 40.3 Å². The molecule has 4 rings (SSSR count). The summed E-state index contributed by atoms with van der Waals surface area (Å²) in [5.74, 6) is -0.235. The second-order valence-corrected chi connectivity index (χ2v) is 10.4. The summed E-state index contributed by atoms with van der Waals surface area (Å²) in [6.45, 7) is 1.23. The van der Waals surface area contributed by atoms with E-state index < -0.39 is 5.51 Å². The first kappa shape index (κ1) is 26.0. The van der Waals surface area contributed by atoms with Gasteiger partial charge in [-0.1, -0.05) is 65.1 Å². The molecule has 0 aromatic heterocycles. The molecule has 0 radical (unpaired) electrons. The van der Waals surface area contributed by atoms with Gasteiger partial charge >= 0.3 is 5.51 Å². The summed E-state index contributed by atoms with van der Waals surface area (Å²) in [6, 6.07) is 18.5. The maximum Gasteiger partial charge on any atom is 0.446 e. The van der Waals surface area contributed by atoms with Crippen LogP contribution in [-0.4, -0.2) is 35.9 Å². The van der Waals surface area contributed by atoms with Gasteiger partial charge in [0.15, 0.2) is 0 Å². The molecule has 1 unspecified atom stereocenters. The number of rotatable bonds is 5. The highest BCUT2D eigenvalue weighted by molar-refractivity contribution is 8.00. The largest absolute Gasteiger partial charge is 0.446 e. The van der Waals surface area contributed by atoms with E-state index in [-0.39, 0.29) is 35.0 Å². The summed E-state index contributed by atoms with van der Waals surface area (Å²) in [5, 5.41) is 1.60. The van der Waals surface area contributed by atoms with Gasteiger partial charge in [0, 0.05) is 34.6 Å². The van der Waals surface area contributed by atoms with E-state index in [2.05, 4.69) is 4.90 Å². The number of carbonyl (C=O) groups excluding carboxylic acids is 1. The summed E-state index contributed by atoms with van der Waals surface area (Å²) >= 11 is 18.5. The predicted octanol–water partition coefficient (Wildman–Crippen LogP) is 7.89. The van der Waals surface area contributed by atoms with Gasteiger partial charge < -0.3 is 9.80 Å². The molecule has 3 aromatic rings. The number of hydrogen-bond acceptors (Lipinski definition) is 3. The van der Waals surface area contributed by atoms with Crippen LogP contribution < -0.4 is 4.90 Å². The zero-order valence-corrected chi connectivity index (χ0v) is 21.3. The van der Waals surface area contributed by atoms with Gasteiger partial charge in [0.1, 0.15) is 0 Å². The van der Waals surface area contributed by atoms with Crippen molar-refractivity contribution in [1.82, 2.24) is 4.90 Å². The van der Waals surface area contributed by atoms with Gasteiger partial charge in [-0.25, -0.2) is 0 Å². The third kappa shape index (κ3) is 6.58. The van der Waals surface area contributed by atoms with Crippen molar-refractivity contribution >= 4 is 58.2 Å². The average Bonchev–Trinajstić information content (AvgIpc) is 2.80. The number of piperazine rings is 1. The second-order valence-electron chi connectivity index (χ2n) is 8.03. The highest BCUT2D eigenvalue weighted by Gasteiger charge is 2.33. The predicted molar refractivity (Wildman–Crippen MR) is 137 cm³/mol. The van der Waals surface area contributed by atoms with Gasteiger partial charge in [-0.05, 0) is 59.3 Å². The number of anilines is 1. The van der Waals surface area contributed by atoms with Gasteiger partial charge in [0.2, 0.25) is 5.91 Å². The number of benzene rings is 3. The summed E-state index contributed by atoms with van der Waals surface area (Å²) in [5.41, 5.74) is -2.35. The van der Waals surface area contributed by atoms with Crippen LogP contribution in [0.5, 0.6) is 0 Å². The molecule has 3 aromatic carbocycles. The van der Waals surface area contributed by atoms with Crippen LogP contribution in [0.25, 0.3) is 0 Å². The SMILES string of the molecule is O=C(Cc1ccccc1SC(F)(F)F)N1CCN(c2ccc(Cl)cc2Cl)C(c2ccc(Cl)cc2)C1. The molecule has 1 amide bonds. The molecule has 0 aliphatic carbocycles. The van der Waals surface area contributed by atoms with Gasteiger partial charge in [0.05, 0.1) is 23.2 Å². The van der Waals surface area contributed by atoms with Crippen molar-refractivity contribution in [3.63, 3.8) is 0 Å². The molecule has 1 saturated heterocycles. The van der Waals surface area contributed by atoms with Crippen LogP contribution in [0.1, 0.15) is 17.2 Å². The number of amides is 1. The van der Waals surface area contributed by atoms with E-state index in [1.807, 2.05) is 18.2 Å². The van der Waals surface area contributed by atoms with Crippen LogP contribution in [-0.2, 0) is 11.2 Å². The first-order valence-corrected chi connectivity index (χ1v) is 12.6. The molecule has 0 saturated carbocycles. The third-order valence-electron chi connectivity index (χ3n) is 5.75. The Bertz CT molecular complexity index is 1210. The van der Waals surface area contributed by atoms with E-state index in [1.165, 1.54) is 12.1 Å². The first-order valence-electron chi connectivity index (χ1n) is 10.7. The van der Waals surface area contributed by atoms with Gasteiger partial charge in [-0.2, -0.15) is 13.2 Å². The van der Waals surface area contributed by atoms with Gasteiger partial charge in [0.25, 0.3) is 0 Å². The molecule has 0 spiro atoms. The number of thioether (sulfide) groups is 1. The zero-order chi connectivity index (χ0) is 25.2. The Hall–Kier alpha value is -2.06. The molecule has 3 nitrogen and oxygen atoms in total. The standard InChI is InChI=1S/C25H20Cl3F3N2OS/c26-18-7-5-16(6-8-18)22-15-32(11-12-33(22)21-10-9-19(27)14-20(21)28)24(34)13-17-3-1-2-4-23(17)35-25(29,30)31/h1-10,14,22H,11-13,15H2. The lowest BCUT2D eigenvalue weighted by Gasteiger charge is -2.43. The topological polar surface area (TPSA) is 23.6 Å². The molecule has 1 aliphatic heterocycles. The number of nitrogens with zero attached hydrogens (tertiary/aromatic N) is 2. The summed E-state index contributed by atoms with van der Waals surface area (Å²) in [4.78, 5) is 17.1. The van der Waals surface area contributed by atoms with Crippen molar-refractivity contribution in [3.05, 3.63) is 92.9 Å². The molecule has 1 fully saturated rings. The Morgan fingerprint density at radius 2 is 1.63 bits per heavy atom. The summed E-state index contributed by atoms with van der Waals surface area (Å²) in [6.07, 6.45) is -0.117. The lowest BCUT2D eigenvalue weighted by atomic mass is 10.0. The summed E-state index contributed by atoms with van der Waals surface area (Å²) in [7, 11) is 0. The maximum atomic E-state index is 13.2. The minimum Gasteiger partial charge on any atom is -0.360 e. The van der Waals surface area contributed by atoms with Crippen molar-refractivity contribution in [3.8, 4) is 0 Å². The number of halogens is 6. The van der Waals surface area contributed by atoms with Crippen molar-refractivity contribution in [1.29, 1.82) is 0 Å². The fourth-order valence-electron chi connectivity index (χ4n) is 4.13. The van der Waals surface area contributed by atoms with Crippen LogP contribution in [0, 0.1) is 0 Å². The number of hydrogen-bond donors (Lipinski definition) is 0. The monoisotopic (exact) mass is 558 g/mol. The lowest BCUT2D eigenvalue weighted by Crippen LogP contribution is -2.51. The Morgan fingerprint density at radius 3 is 2.31 bits per heavy atom. The van der Waals surface area contributed by atoms with Crippen LogP contribution in [0.3, 0.4) is 0 Å². The molecule has 1 atom stereocenters. The van der Waals surface area contributed by atoms with Crippen LogP contribution in [0.15, 0.2) is 71.6 Å². The van der Waals surface area contributed by atoms with E-state index in [0.717, 1.165) is 11.3 Å². The molecule has 0 bridgehead atoms. The lowest BCUT2D eigenvalue weighted by molar-refractivity contribution is -0.131. The van der Waals surface area contributed by atoms with Crippen LogP contribution >= 0.6 is 46.6 Å². The molecule has 1 aliphatic rings. The van der Waals surface area contributed by atoms with Crippen LogP contribution in [0.2, 0.25) is 15.1 Å². The molecular formula is C25H20Cl3F3N2OS. The van der Waals surface area contributed by atoms with E-state index in [1.54, 1.807) is 41.3 Å². The Labute approximate surface area is 220 Å².